The Hall–Kier alpha value is -1.08. The van der Waals surface area contributed by atoms with Crippen LogP contribution in [0.3, 0.4) is 0 Å². The highest BCUT2D eigenvalue weighted by molar-refractivity contribution is 7.98. The van der Waals surface area contributed by atoms with E-state index in [4.69, 9.17) is 9.52 Å². The van der Waals surface area contributed by atoms with Gasteiger partial charge in [-0.05, 0) is 25.0 Å². The molecule has 1 heterocycles. The molecule has 0 atom stereocenters. The van der Waals surface area contributed by atoms with Gasteiger partial charge in [0.25, 0.3) is 11.7 Å². The molecular formula is C11H13F2NO3S. The third kappa shape index (κ3) is 3.23. The summed E-state index contributed by atoms with van der Waals surface area (Å²) in [7, 11) is 0. The predicted octanol–water partition coefficient (Wildman–Crippen LogP) is 1.99. The molecule has 100 valence electrons. The zero-order chi connectivity index (χ0) is 13.2. The van der Waals surface area contributed by atoms with Gasteiger partial charge in [-0.2, -0.15) is 8.78 Å². The number of aliphatic hydroxyl groups excluding tert-OH is 1. The average molecular weight is 277 g/mol. The molecule has 0 spiro atoms. The summed E-state index contributed by atoms with van der Waals surface area (Å²) in [5, 5.41) is 11.7. The Morgan fingerprint density at radius 3 is 2.83 bits per heavy atom. The molecule has 1 aromatic rings. The number of thioether (sulfide) groups is 1. The normalized spacial score (nSPS) is 16.9. The highest BCUT2D eigenvalue weighted by Crippen LogP contribution is 2.34. The van der Waals surface area contributed by atoms with Crippen molar-refractivity contribution >= 4 is 17.7 Å². The maximum Gasteiger partial charge on any atom is 0.287 e. The van der Waals surface area contributed by atoms with Crippen LogP contribution in [0.4, 0.5) is 8.78 Å². The van der Waals surface area contributed by atoms with Crippen LogP contribution in [0.1, 0.15) is 29.2 Å². The molecule has 2 rings (SSSR count). The molecule has 7 heteroatoms. The van der Waals surface area contributed by atoms with Gasteiger partial charge in [0.05, 0.1) is 17.9 Å². The van der Waals surface area contributed by atoms with Gasteiger partial charge in [0.1, 0.15) is 5.76 Å². The molecule has 1 fully saturated rings. The van der Waals surface area contributed by atoms with Crippen molar-refractivity contribution in [2.45, 2.75) is 29.9 Å². The Balaban J connectivity index is 1.91. The first-order chi connectivity index (χ1) is 8.54. The van der Waals surface area contributed by atoms with Crippen LogP contribution in [0.5, 0.6) is 0 Å². The second kappa shape index (κ2) is 5.27. The topological polar surface area (TPSA) is 62.5 Å². The molecule has 1 aliphatic rings. The van der Waals surface area contributed by atoms with E-state index in [1.165, 1.54) is 12.1 Å². The molecule has 0 radical (unpaired) electrons. The number of alkyl halides is 2. The summed E-state index contributed by atoms with van der Waals surface area (Å²) in [5.41, 5.74) is -0.512. The van der Waals surface area contributed by atoms with Gasteiger partial charge in [0.2, 0.25) is 0 Å². The number of rotatable bonds is 6. The predicted molar refractivity (Wildman–Crippen MR) is 62.5 cm³/mol. The highest BCUT2D eigenvalue weighted by atomic mass is 32.2. The Labute approximate surface area is 107 Å². The molecule has 2 N–H and O–H groups in total. The van der Waals surface area contributed by atoms with Crippen LogP contribution in [0.25, 0.3) is 0 Å². The minimum atomic E-state index is -2.46. The van der Waals surface area contributed by atoms with Gasteiger partial charge >= 0.3 is 0 Å². The van der Waals surface area contributed by atoms with Crippen molar-refractivity contribution in [3.05, 3.63) is 23.7 Å². The number of hydrogen-bond acceptors (Lipinski definition) is 4. The summed E-state index contributed by atoms with van der Waals surface area (Å²) >= 11 is 0.441. The SMILES string of the molecule is O=C(NC1(CO)CC1)c1ccc(CSC(F)F)o1. The number of halogens is 2. The van der Waals surface area contributed by atoms with Crippen molar-refractivity contribution in [1.82, 2.24) is 5.32 Å². The lowest BCUT2D eigenvalue weighted by atomic mass is 10.3. The molecule has 1 amide bonds. The van der Waals surface area contributed by atoms with E-state index in [2.05, 4.69) is 5.32 Å². The van der Waals surface area contributed by atoms with Crippen LogP contribution < -0.4 is 5.32 Å². The van der Waals surface area contributed by atoms with E-state index in [9.17, 15) is 13.6 Å². The maximum atomic E-state index is 12.0. The van der Waals surface area contributed by atoms with Crippen LogP contribution in [-0.2, 0) is 5.75 Å². The number of nitrogens with one attached hydrogen (secondary N) is 1. The Kier molecular flexibility index (Phi) is 3.91. The average Bonchev–Trinajstić information content (AvgIpc) is 2.94. The van der Waals surface area contributed by atoms with Crippen molar-refractivity contribution in [3.63, 3.8) is 0 Å². The lowest BCUT2D eigenvalue weighted by Crippen LogP contribution is -2.39. The van der Waals surface area contributed by atoms with Crippen LogP contribution in [0.2, 0.25) is 0 Å². The number of furan rings is 1. The zero-order valence-corrected chi connectivity index (χ0v) is 10.3. The number of carbonyl (C=O) groups excluding carboxylic acids is 1. The fourth-order valence-corrected chi connectivity index (χ4v) is 1.94. The molecule has 4 nitrogen and oxygen atoms in total. The van der Waals surface area contributed by atoms with Gasteiger partial charge < -0.3 is 14.8 Å². The second-order valence-electron chi connectivity index (χ2n) is 4.23. The number of carbonyl (C=O) groups is 1. The molecule has 1 saturated carbocycles. The first kappa shape index (κ1) is 13.4. The summed E-state index contributed by atoms with van der Waals surface area (Å²) in [6.45, 7) is -0.104. The fraction of sp³-hybridized carbons (Fsp3) is 0.545. The highest BCUT2D eigenvalue weighted by Gasteiger charge is 2.43. The molecule has 0 aromatic carbocycles. The lowest BCUT2D eigenvalue weighted by Gasteiger charge is -2.12. The fourth-order valence-electron chi connectivity index (χ4n) is 1.50. The largest absolute Gasteiger partial charge is 0.455 e. The smallest absolute Gasteiger partial charge is 0.287 e. The molecule has 0 aliphatic heterocycles. The summed E-state index contributed by atoms with van der Waals surface area (Å²) in [6.07, 6.45) is 1.48. The second-order valence-corrected chi connectivity index (χ2v) is 5.21. The van der Waals surface area contributed by atoms with E-state index in [1.807, 2.05) is 0 Å². The van der Waals surface area contributed by atoms with Crippen LogP contribution >= 0.6 is 11.8 Å². The van der Waals surface area contributed by atoms with E-state index in [-0.39, 0.29) is 18.1 Å². The summed E-state index contributed by atoms with van der Waals surface area (Å²) in [6, 6.07) is 2.95. The van der Waals surface area contributed by atoms with Crippen molar-refractivity contribution in [3.8, 4) is 0 Å². The van der Waals surface area contributed by atoms with Gasteiger partial charge in [-0.25, -0.2) is 0 Å². The molecular weight excluding hydrogens is 264 g/mol. The molecule has 0 unspecified atom stereocenters. The molecule has 1 aliphatic carbocycles. The molecule has 18 heavy (non-hydrogen) atoms. The summed E-state index contributed by atoms with van der Waals surface area (Å²) in [5.74, 6) is -2.44. The summed E-state index contributed by atoms with van der Waals surface area (Å²) in [4.78, 5) is 11.7. The van der Waals surface area contributed by atoms with E-state index in [0.29, 0.717) is 17.5 Å². The lowest BCUT2D eigenvalue weighted by molar-refractivity contribution is 0.0877. The Bertz CT molecular complexity index is 432. The first-order valence-electron chi connectivity index (χ1n) is 5.46. The van der Waals surface area contributed by atoms with Gasteiger partial charge in [0.15, 0.2) is 5.76 Å². The monoisotopic (exact) mass is 277 g/mol. The van der Waals surface area contributed by atoms with Crippen molar-refractivity contribution < 1.29 is 23.1 Å². The van der Waals surface area contributed by atoms with Gasteiger partial charge in [-0.15, -0.1) is 0 Å². The van der Waals surface area contributed by atoms with Gasteiger partial charge in [0, 0.05) is 0 Å². The zero-order valence-electron chi connectivity index (χ0n) is 9.49. The van der Waals surface area contributed by atoms with Crippen LogP contribution in [0, 0.1) is 0 Å². The van der Waals surface area contributed by atoms with Crippen molar-refractivity contribution in [2.24, 2.45) is 0 Å². The minimum Gasteiger partial charge on any atom is -0.455 e. The van der Waals surface area contributed by atoms with E-state index < -0.39 is 17.2 Å². The van der Waals surface area contributed by atoms with E-state index in [0.717, 1.165) is 12.8 Å². The molecule has 1 aromatic heterocycles. The Morgan fingerprint density at radius 1 is 1.56 bits per heavy atom. The number of amides is 1. The van der Waals surface area contributed by atoms with Crippen molar-refractivity contribution in [2.75, 3.05) is 6.61 Å². The summed E-state index contributed by atoms with van der Waals surface area (Å²) < 4.78 is 29.1. The molecule has 0 saturated heterocycles. The third-order valence-corrected chi connectivity index (χ3v) is 3.48. The number of aliphatic hydroxyl groups is 1. The minimum absolute atomic E-state index is 0.0239. The van der Waals surface area contributed by atoms with Gasteiger partial charge in [-0.1, -0.05) is 11.8 Å². The van der Waals surface area contributed by atoms with Crippen molar-refractivity contribution in [1.29, 1.82) is 0 Å². The third-order valence-electron chi connectivity index (χ3n) is 2.77. The quantitative estimate of drug-likeness (QED) is 0.834. The maximum absolute atomic E-state index is 12.0. The standard InChI is InChI=1S/C11H13F2NO3S/c12-10(13)18-5-7-1-2-8(17-7)9(16)14-11(6-15)3-4-11/h1-2,10,15H,3-6H2,(H,14,16). The van der Waals surface area contributed by atoms with E-state index >= 15 is 0 Å². The number of hydrogen-bond donors (Lipinski definition) is 2. The molecule has 0 bridgehead atoms. The van der Waals surface area contributed by atoms with Crippen LogP contribution in [0.15, 0.2) is 16.5 Å². The Morgan fingerprint density at radius 2 is 2.28 bits per heavy atom. The van der Waals surface area contributed by atoms with Crippen LogP contribution in [-0.4, -0.2) is 28.9 Å². The first-order valence-corrected chi connectivity index (χ1v) is 6.51. The van der Waals surface area contributed by atoms with E-state index in [1.54, 1.807) is 0 Å². The van der Waals surface area contributed by atoms with Gasteiger partial charge in [-0.3, -0.25) is 4.79 Å².